The van der Waals surface area contributed by atoms with Crippen molar-refractivity contribution in [3.63, 3.8) is 0 Å². The van der Waals surface area contributed by atoms with Crippen LogP contribution in [-0.2, 0) is 13.6 Å². The van der Waals surface area contributed by atoms with E-state index in [0.717, 1.165) is 25.6 Å². The molecule has 0 bridgehead atoms. The molecular formula is C19H36IN5. The first-order valence-corrected chi connectivity index (χ1v) is 9.63. The number of rotatable bonds is 9. The number of nitrogens with zero attached hydrogens (tertiary/aromatic N) is 3. The van der Waals surface area contributed by atoms with Gasteiger partial charge in [0.05, 0.1) is 6.54 Å². The predicted octanol–water partition coefficient (Wildman–Crippen LogP) is 3.35. The van der Waals surface area contributed by atoms with Gasteiger partial charge >= 0.3 is 0 Å². The Kier molecular flexibility index (Phi) is 12.0. The van der Waals surface area contributed by atoms with Crippen LogP contribution in [0.5, 0.6) is 0 Å². The Morgan fingerprint density at radius 3 is 2.60 bits per heavy atom. The third-order valence-electron chi connectivity index (χ3n) is 4.55. The van der Waals surface area contributed by atoms with E-state index >= 15 is 0 Å². The van der Waals surface area contributed by atoms with Gasteiger partial charge in [0.1, 0.15) is 0 Å². The van der Waals surface area contributed by atoms with Crippen molar-refractivity contribution in [3.05, 3.63) is 24.0 Å². The van der Waals surface area contributed by atoms with Gasteiger partial charge in [0.25, 0.3) is 0 Å². The van der Waals surface area contributed by atoms with Crippen LogP contribution in [0.2, 0.25) is 0 Å². The fraction of sp³-hybridized carbons (Fsp3) is 0.737. The Morgan fingerprint density at radius 2 is 1.92 bits per heavy atom. The Hall–Kier alpha value is -0.760. The quantitative estimate of drug-likeness (QED) is 0.257. The first-order chi connectivity index (χ1) is 11.8. The van der Waals surface area contributed by atoms with E-state index in [0.29, 0.717) is 0 Å². The van der Waals surface area contributed by atoms with Gasteiger partial charge in [0.2, 0.25) is 0 Å². The summed E-state index contributed by atoms with van der Waals surface area (Å²) in [4.78, 5) is 7.29. The molecule has 0 aromatic carbocycles. The summed E-state index contributed by atoms with van der Waals surface area (Å²) in [6, 6.07) is 2.12. The van der Waals surface area contributed by atoms with Gasteiger partial charge in [-0.25, -0.2) is 4.99 Å². The SMILES string of the molecule is CCNC(=NCc1ccn(C)c1)NCCCCCN1CCCCC1.I. The number of likely N-dealkylation sites (tertiary alicyclic amines) is 1. The van der Waals surface area contributed by atoms with E-state index in [1.165, 1.54) is 63.7 Å². The van der Waals surface area contributed by atoms with Crippen molar-refractivity contribution in [2.45, 2.75) is 52.0 Å². The Balaban J connectivity index is 0.00000312. The lowest BCUT2D eigenvalue weighted by atomic mass is 10.1. The first-order valence-electron chi connectivity index (χ1n) is 9.63. The van der Waals surface area contributed by atoms with E-state index in [2.05, 4.69) is 50.5 Å². The second kappa shape index (κ2) is 13.4. The topological polar surface area (TPSA) is 44.6 Å². The highest BCUT2D eigenvalue weighted by Crippen LogP contribution is 2.09. The Labute approximate surface area is 170 Å². The molecule has 0 unspecified atom stereocenters. The van der Waals surface area contributed by atoms with Crippen molar-refractivity contribution in [2.24, 2.45) is 12.0 Å². The molecule has 2 rings (SSSR count). The molecule has 1 aliphatic rings. The van der Waals surface area contributed by atoms with Gasteiger partial charge in [0.15, 0.2) is 5.96 Å². The summed E-state index contributed by atoms with van der Waals surface area (Å²) in [5, 5.41) is 6.78. The zero-order chi connectivity index (χ0) is 17.0. The molecule has 0 aliphatic carbocycles. The summed E-state index contributed by atoms with van der Waals surface area (Å²) >= 11 is 0. The minimum absolute atomic E-state index is 0. The number of aryl methyl sites for hydroxylation is 1. The van der Waals surface area contributed by atoms with Crippen molar-refractivity contribution >= 4 is 29.9 Å². The Bertz CT molecular complexity index is 480. The maximum atomic E-state index is 4.66. The number of hydrogen-bond acceptors (Lipinski definition) is 2. The smallest absolute Gasteiger partial charge is 0.191 e. The van der Waals surface area contributed by atoms with Gasteiger partial charge in [-0.15, -0.1) is 24.0 Å². The van der Waals surface area contributed by atoms with Crippen molar-refractivity contribution in [2.75, 3.05) is 32.7 Å². The zero-order valence-electron chi connectivity index (χ0n) is 16.0. The fourth-order valence-corrected chi connectivity index (χ4v) is 3.19. The molecule has 1 saturated heterocycles. The van der Waals surface area contributed by atoms with Crippen molar-refractivity contribution < 1.29 is 0 Å². The summed E-state index contributed by atoms with van der Waals surface area (Å²) < 4.78 is 2.06. The normalized spacial score (nSPS) is 15.7. The van der Waals surface area contributed by atoms with Crippen LogP contribution in [0.4, 0.5) is 0 Å². The minimum Gasteiger partial charge on any atom is -0.357 e. The maximum Gasteiger partial charge on any atom is 0.191 e. The lowest BCUT2D eigenvalue weighted by Crippen LogP contribution is -2.37. The van der Waals surface area contributed by atoms with E-state index in [1.54, 1.807) is 0 Å². The molecule has 5 nitrogen and oxygen atoms in total. The number of hydrogen-bond donors (Lipinski definition) is 2. The molecule has 1 aromatic heterocycles. The highest BCUT2D eigenvalue weighted by molar-refractivity contribution is 14.0. The molecule has 1 fully saturated rings. The van der Waals surface area contributed by atoms with Crippen molar-refractivity contribution in [1.29, 1.82) is 0 Å². The summed E-state index contributed by atoms with van der Waals surface area (Å²) in [6.07, 6.45) is 12.2. The van der Waals surface area contributed by atoms with E-state index in [9.17, 15) is 0 Å². The van der Waals surface area contributed by atoms with Crippen LogP contribution in [0.25, 0.3) is 0 Å². The molecule has 2 heterocycles. The molecule has 0 atom stereocenters. The Morgan fingerprint density at radius 1 is 1.12 bits per heavy atom. The molecule has 2 N–H and O–H groups in total. The standard InChI is InChI=1S/C19H35N5.HI/c1-3-20-19(22-16-18-10-15-23(2)17-18)21-11-6-4-7-12-24-13-8-5-9-14-24;/h10,15,17H,3-9,11-14,16H2,1-2H3,(H2,20,21,22);1H. The maximum absolute atomic E-state index is 4.66. The number of piperidine rings is 1. The molecular weight excluding hydrogens is 425 g/mol. The van der Waals surface area contributed by atoms with Gasteiger partial charge in [0, 0.05) is 32.5 Å². The van der Waals surface area contributed by atoms with Crippen LogP contribution in [0.15, 0.2) is 23.5 Å². The minimum atomic E-state index is 0. The van der Waals surface area contributed by atoms with Crippen LogP contribution in [0.1, 0.15) is 51.0 Å². The summed E-state index contributed by atoms with van der Waals surface area (Å²) in [7, 11) is 2.04. The molecule has 1 aliphatic heterocycles. The number of unbranched alkanes of at least 4 members (excludes halogenated alkanes) is 2. The number of nitrogens with one attached hydrogen (secondary N) is 2. The molecule has 0 spiro atoms. The van der Waals surface area contributed by atoms with E-state index < -0.39 is 0 Å². The average molecular weight is 461 g/mol. The number of aromatic nitrogens is 1. The molecule has 1 aromatic rings. The van der Waals surface area contributed by atoms with Gasteiger partial charge < -0.3 is 20.1 Å². The van der Waals surface area contributed by atoms with Crippen molar-refractivity contribution in [1.82, 2.24) is 20.1 Å². The number of aliphatic imine (C=N–C) groups is 1. The second-order valence-electron chi connectivity index (χ2n) is 6.77. The molecule has 6 heteroatoms. The lowest BCUT2D eigenvalue weighted by molar-refractivity contribution is 0.224. The second-order valence-corrected chi connectivity index (χ2v) is 6.77. The molecule has 0 saturated carbocycles. The largest absolute Gasteiger partial charge is 0.357 e. The molecule has 0 radical (unpaired) electrons. The third-order valence-corrected chi connectivity index (χ3v) is 4.55. The summed E-state index contributed by atoms with van der Waals surface area (Å²) in [5.74, 6) is 0.928. The zero-order valence-corrected chi connectivity index (χ0v) is 18.3. The van der Waals surface area contributed by atoms with Crippen LogP contribution >= 0.6 is 24.0 Å². The highest BCUT2D eigenvalue weighted by Gasteiger charge is 2.08. The highest BCUT2D eigenvalue weighted by atomic mass is 127. The molecule has 144 valence electrons. The summed E-state index contributed by atoms with van der Waals surface area (Å²) in [5.41, 5.74) is 1.25. The van der Waals surface area contributed by atoms with Crippen molar-refractivity contribution in [3.8, 4) is 0 Å². The number of halogens is 1. The summed E-state index contributed by atoms with van der Waals surface area (Å²) in [6.45, 7) is 8.64. The van der Waals surface area contributed by atoms with E-state index in [4.69, 9.17) is 0 Å². The fourth-order valence-electron chi connectivity index (χ4n) is 3.19. The van der Waals surface area contributed by atoms with Crippen LogP contribution in [-0.4, -0.2) is 48.2 Å². The monoisotopic (exact) mass is 461 g/mol. The van der Waals surface area contributed by atoms with Gasteiger partial charge in [-0.1, -0.05) is 12.8 Å². The van der Waals surface area contributed by atoms with Crippen LogP contribution < -0.4 is 10.6 Å². The molecule has 25 heavy (non-hydrogen) atoms. The third kappa shape index (κ3) is 9.49. The van der Waals surface area contributed by atoms with E-state index in [-0.39, 0.29) is 24.0 Å². The van der Waals surface area contributed by atoms with Crippen LogP contribution in [0.3, 0.4) is 0 Å². The average Bonchev–Trinajstić information content (AvgIpc) is 3.02. The first kappa shape index (κ1) is 22.3. The van der Waals surface area contributed by atoms with E-state index in [1.807, 2.05) is 7.05 Å². The van der Waals surface area contributed by atoms with Gasteiger partial charge in [-0.2, -0.15) is 0 Å². The van der Waals surface area contributed by atoms with Gasteiger partial charge in [-0.3, -0.25) is 0 Å². The van der Waals surface area contributed by atoms with Gasteiger partial charge in [-0.05, 0) is 63.9 Å². The molecule has 0 amide bonds. The lowest BCUT2D eigenvalue weighted by Gasteiger charge is -2.26. The number of guanidine groups is 1. The predicted molar refractivity (Wildman–Crippen MR) is 118 cm³/mol. The van der Waals surface area contributed by atoms with Crippen LogP contribution in [0, 0.1) is 0 Å².